The summed E-state index contributed by atoms with van der Waals surface area (Å²) in [6.45, 7) is -0.117. The van der Waals surface area contributed by atoms with E-state index in [9.17, 15) is 14.4 Å². The number of rotatable bonds is 7. The van der Waals surface area contributed by atoms with Gasteiger partial charge in [0.2, 0.25) is 11.8 Å². The maximum atomic E-state index is 12.9. The van der Waals surface area contributed by atoms with E-state index < -0.39 is 18.5 Å². The molecule has 1 aliphatic rings. The lowest BCUT2D eigenvalue weighted by Gasteiger charge is -2.22. The Morgan fingerprint density at radius 3 is 2.31 bits per heavy atom. The van der Waals surface area contributed by atoms with Crippen LogP contribution < -0.4 is 19.3 Å². The number of carbonyl (C=O) groups is 3. The first-order chi connectivity index (χ1) is 13.9. The largest absolute Gasteiger partial charge is 0.497 e. The van der Waals surface area contributed by atoms with Gasteiger partial charge in [0, 0.05) is 31.4 Å². The van der Waals surface area contributed by atoms with Gasteiger partial charge in [-0.1, -0.05) is 0 Å². The minimum Gasteiger partial charge on any atom is -0.497 e. The van der Waals surface area contributed by atoms with Crippen LogP contribution in [0.25, 0.3) is 0 Å². The molecule has 8 nitrogen and oxygen atoms in total. The number of anilines is 2. The highest BCUT2D eigenvalue weighted by Crippen LogP contribution is 2.29. The molecule has 2 aromatic carbocycles. The van der Waals surface area contributed by atoms with Gasteiger partial charge in [-0.15, -0.1) is 0 Å². The zero-order valence-corrected chi connectivity index (χ0v) is 16.2. The van der Waals surface area contributed by atoms with Crippen LogP contribution >= 0.6 is 0 Å². The molecule has 0 aromatic heterocycles. The van der Waals surface area contributed by atoms with Gasteiger partial charge < -0.3 is 24.4 Å². The number of methoxy groups -OCH3 is 1. The van der Waals surface area contributed by atoms with E-state index in [1.807, 2.05) is 0 Å². The van der Waals surface area contributed by atoms with Gasteiger partial charge in [-0.2, -0.15) is 0 Å². The summed E-state index contributed by atoms with van der Waals surface area (Å²) in [5.74, 6) is -0.665. The topological polar surface area (TPSA) is 96.4 Å². The third-order valence-corrected chi connectivity index (χ3v) is 4.78. The highest BCUT2D eigenvalue weighted by Gasteiger charge is 2.36. The summed E-state index contributed by atoms with van der Waals surface area (Å²) in [6.07, 6.45) is 0.148. The number of carbonyl (C=O) groups excluding carboxylic acids is 2. The van der Waals surface area contributed by atoms with Crippen LogP contribution in [0.4, 0.5) is 11.4 Å². The van der Waals surface area contributed by atoms with Gasteiger partial charge in [0.05, 0.1) is 13.0 Å². The van der Waals surface area contributed by atoms with Crippen LogP contribution in [0.3, 0.4) is 0 Å². The standard InChI is InChI=1S/C21H22N2O6/c1-22(15-3-9-18(10-4-15)29-13-20(25)26)21(27)14-11-19(24)23(12-14)16-5-7-17(28-2)8-6-16/h3-10,14H,11-13H2,1-2H3,(H,25,26). The van der Waals surface area contributed by atoms with E-state index in [4.69, 9.17) is 14.6 Å². The Hall–Kier alpha value is -3.55. The molecule has 29 heavy (non-hydrogen) atoms. The zero-order chi connectivity index (χ0) is 21.0. The van der Waals surface area contributed by atoms with Crippen molar-refractivity contribution in [2.75, 3.05) is 37.1 Å². The molecule has 1 N–H and O–H groups in total. The van der Waals surface area contributed by atoms with E-state index in [0.29, 0.717) is 23.7 Å². The number of hydrogen-bond donors (Lipinski definition) is 1. The van der Waals surface area contributed by atoms with Crippen LogP contribution in [0, 0.1) is 5.92 Å². The second-order valence-corrected chi connectivity index (χ2v) is 6.68. The number of nitrogens with zero attached hydrogens (tertiary/aromatic N) is 2. The van der Waals surface area contributed by atoms with Crippen LogP contribution in [0.1, 0.15) is 6.42 Å². The molecule has 2 aromatic rings. The van der Waals surface area contributed by atoms with Crippen molar-refractivity contribution in [2.24, 2.45) is 5.92 Å². The number of ether oxygens (including phenoxy) is 2. The Morgan fingerprint density at radius 1 is 1.10 bits per heavy atom. The highest BCUT2D eigenvalue weighted by molar-refractivity contribution is 6.04. The SMILES string of the molecule is COc1ccc(N2CC(C(=O)N(C)c3ccc(OCC(=O)O)cc3)CC2=O)cc1. The molecule has 1 heterocycles. The summed E-state index contributed by atoms with van der Waals surface area (Å²) in [5.41, 5.74) is 1.36. The van der Waals surface area contributed by atoms with E-state index in [0.717, 1.165) is 5.69 Å². The normalized spacial score (nSPS) is 15.9. The van der Waals surface area contributed by atoms with Crippen LogP contribution in [0.15, 0.2) is 48.5 Å². The Bertz CT molecular complexity index is 894. The molecule has 2 amide bonds. The van der Waals surface area contributed by atoms with E-state index in [1.54, 1.807) is 67.6 Å². The average molecular weight is 398 g/mol. The third-order valence-electron chi connectivity index (χ3n) is 4.78. The van der Waals surface area contributed by atoms with Gasteiger partial charge in [-0.25, -0.2) is 4.79 Å². The van der Waals surface area contributed by atoms with E-state index in [2.05, 4.69) is 0 Å². The van der Waals surface area contributed by atoms with Crippen molar-refractivity contribution in [3.05, 3.63) is 48.5 Å². The number of carboxylic acid groups (broad SMARTS) is 1. The van der Waals surface area contributed by atoms with E-state index >= 15 is 0 Å². The van der Waals surface area contributed by atoms with Crippen molar-refractivity contribution in [1.29, 1.82) is 0 Å². The highest BCUT2D eigenvalue weighted by atomic mass is 16.5. The first kappa shape index (κ1) is 20.2. The molecule has 0 radical (unpaired) electrons. The Kier molecular flexibility index (Phi) is 6.01. The van der Waals surface area contributed by atoms with Crippen LogP contribution in [-0.2, 0) is 14.4 Å². The number of aliphatic carboxylic acids is 1. The molecule has 1 saturated heterocycles. The summed E-state index contributed by atoms with van der Waals surface area (Å²) in [4.78, 5) is 39.0. The molecule has 0 bridgehead atoms. The molecule has 1 unspecified atom stereocenters. The molecular weight excluding hydrogens is 376 g/mol. The Morgan fingerprint density at radius 2 is 1.72 bits per heavy atom. The van der Waals surface area contributed by atoms with Crippen molar-refractivity contribution >= 4 is 29.2 Å². The summed E-state index contributed by atoms with van der Waals surface area (Å²) in [7, 11) is 3.22. The molecule has 1 aliphatic heterocycles. The van der Waals surface area contributed by atoms with Gasteiger partial charge in [-0.3, -0.25) is 9.59 Å². The number of amides is 2. The van der Waals surface area contributed by atoms with Crippen molar-refractivity contribution in [1.82, 2.24) is 0 Å². The smallest absolute Gasteiger partial charge is 0.341 e. The number of hydrogen-bond acceptors (Lipinski definition) is 5. The van der Waals surface area contributed by atoms with E-state index in [-0.39, 0.29) is 18.2 Å². The fourth-order valence-electron chi connectivity index (χ4n) is 3.20. The number of carboxylic acids is 1. The van der Waals surface area contributed by atoms with Crippen LogP contribution in [0.5, 0.6) is 11.5 Å². The Balaban J connectivity index is 1.65. The van der Waals surface area contributed by atoms with Crippen LogP contribution in [0.2, 0.25) is 0 Å². The van der Waals surface area contributed by atoms with Crippen molar-refractivity contribution in [3.8, 4) is 11.5 Å². The fraction of sp³-hybridized carbons (Fsp3) is 0.286. The predicted octanol–water partition coefficient (Wildman–Crippen LogP) is 2.17. The molecular formula is C21H22N2O6. The zero-order valence-electron chi connectivity index (χ0n) is 16.2. The summed E-state index contributed by atoms with van der Waals surface area (Å²) < 4.78 is 10.2. The minimum absolute atomic E-state index is 0.0978. The monoisotopic (exact) mass is 398 g/mol. The minimum atomic E-state index is -1.06. The van der Waals surface area contributed by atoms with Gasteiger partial charge in [0.25, 0.3) is 0 Å². The van der Waals surface area contributed by atoms with Crippen LogP contribution in [-0.4, -0.2) is 50.2 Å². The lowest BCUT2D eigenvalue weighted by molar-refractivity contribution is -0.139. The van der Waals surface area contributed by atoms with Crippen molar-refractivity contribution < 1.29 is 29.0 Å². The molecule has 0 aliphatic carbocycles. The Labute approximate surface area is 168 Å². The molecule has 0 spiro atoms. The first-order valence-corrected chi connectivity index (χ1v) is 9.05. The second-order valence-electron chi connectivity index (χ2n) is 6.68. The molecule has 3 rings (SSSR count). The summed E-state index contributed by atoms with van der Waals surface area (Å²) in [6, 6.07) is 13.7. The van der Waals surface area contributed by atoms with E-state index in [1.165, 1.54) is 4.90 Å². The molecule has 1 fully saturated rings. The average Bonchev–Trinajstić information content (AvgIpc) is 3.13. The van der Waals surface area contributed by atoms with Crippen molar-refractivity contribution in [2.45, 2.75) is 6.42 Å². The van der Waals surface area contributed by atoms with Gasteiger partial charge >= 0.3 is 5.97 Å². The molecule has 1 atom stereocenters. The molecule has 8 heteroatoms. The van der Waals surface area contributed by atoms with Gasteiger partial charge in [-0.05, 0) is 48.5 Å². The second kappa shape index (κ2) is 8.64. The number of benzene rings is 2. The summed E-state index contributed by atoms with van der Waals surface area (Å²) >= 11 is 0. The van der Waals surface area contributed by atoms with Gasteiger partial charge in [0.1, 0.15) is 11.5 Å². The lowest BCUT2D eigenvalue weighted by atomic mass is 10.1. The lowest BCUT2D eigenvalue weighted by Crippen LogP contribution is -2.34. The van der Waals surface area contributed by atoms with Crippen molar-refractivity contribution in [3.63, 3.8) is 0 Å². The molecule has 0 saturated carbocycles. The fourth-order valence-corrected chi connectivity index (χ4v) is 3.20. The quantitative estimate of drug-likeness (QED) is 0.768. The summed E-state index contributed by atoms with van der Waals surface area (Å²) in [5, 5.41) is 8.65. The maximum absolute atomic E-state index is 12.9. The first-order valence-electron chi connectivity index (χ1n) is 9.05. The van der Waals surface area contributed by atoms with Gasteiger partial charge in [0.15, 0.2) is 6.61 Å². The molecule has 152 valence electrons. The maximum Gasteiger partial charge on any atom is 0.341 e. The third kappa shape index (κ3) is 4.66. The predicted molar refractivity (Wildman–Crippen MR) is 106 cm³/mol.